The Hall–Kier alpha value is -1.59. The van der Waals surface area contributed by atoms with Gasteiger partial charge in [-0.1, -0.05) is 30.3 Å². The molecule has 5 heteroatoms. The molecule has 0 aromatic heterocycles. The summed E-state index contributed by atoms with van der Waals surface area (Å²) in [4.78, 5) is 7.11. The van der Waals surface area contributed by atoms with Gasteiger partial charge in [-0.2, -0.15) is 0 Å². The lowest BCUT2D eigenvalue weighted by molar-refractivity contribution is -0.0250. The van der Waals surface area contributed by atoms with Crippen LogP contribution in [0.25, 0.3) is 0 Å². The van der Waals surface area contributed by atoms with Crippen molar-refractivity contribution in [2.24, 2.45) is 16.8 Å². The van der Waals surface area contributed by atoms with Gasteiger partial charge in [0.1, 0.15) is 0 Å². The van der Waals surface area contributed by atoms with Gasteiger partial charge in [0.05, 0.1) is 12.7 Å². The summed E-state index contributed by atoms with van der Waals surface area (Å²) in [6, 6.07) is 10.6. The van der Waals surface area contributed by atoms with E-state index in [4.69, 9.17) is 14.5 Å². The fourth-order valence-electron chi connectivity index (χ4n) is 3.56. The van der Waals surface area contributed by atoms with E-state index in [1.165, 1.54) is 18.4 Å². The number of nitrogens with zero attached hydrogens (tertiary/aromatic N) is 2. The van der Waals surface area contributed by atoms with Crippen LogP contribution in [-0.4, -0.2) is 57.4 Å². The molecule has 27 heavy (non-hydrogen) atoms. The highest BCUT2D eigenvalue weighted by molar-refractivity contribution is 5.79. The van der Waals surface area contributed by atoms with E-state index in [-0.39, 0.29) is 6.10 Å². The summed E-state index contributed by atoms with van der Waals surface area (Å²) in [6.45, 7) is 7.16. The van der Waals surface area contributed by atoms with Gasteiger partial charge in [-0.15, -0.1) is 0 Å². The molecule has 1 N–H and O–H groups in total. The third kappa shape index (κ3) is 6.51. The highest BCUT2D eigenvalue weighted by Gasteiger charge is 2.27. The number of guanidine groups is 1. The summed E-state index contributed by atoms with van der Waals surface area (Å²) in [5.41, 5.74) is 1.27. The van der Waals surface area contributed by atoms with E-state index in [1.807, 2.05) is 0 Å². The summed E-state index contributed by atoms with van der Waals surface area (Å²) < 4.78 is 11.9. The van der Waals surface area contributed by atoms with Crippen molar-refractivity contribution in [3.8, 4) is 0 Å². The molecule has 0 radical (unpaired) electrons. The van der Waals surface area contributed by atoms with Crippen LogP contribution in [0.4, 0.5) is 0 Å². The van der Waals surface area contributed by atoms with Crippen LogP contribution < -0.4 is 5.32 Å². The first kappa shape index (κ1) is 20.2. The van der Waals surface area contributed by atoms with Crippen LogP contribution >= 0.6 is 0 Å². The molecule has 2 aliphatic rings. The van der Waals surface area contributed by atoms with Crippen LogP contribution in [0.3, 0.4) is 0 Å². The zero-order valence-electron chi connectivity index (χ0n) is 16.9. The van der Waals surface area contributed by atoms with Crippen molar-refractivity contribution in [2.75, 3.05) is 46.5 Å². The molecule has 1 heterocycles. The lowest BCUT2D eigenvalue weighted by Gasteiger charge is -2.31. The average molecular weight is 374 g/mol. The number of hydrogen-bond donors (Lipinski definition) is 1. The van der Waals surface area contributed by atoms with Crippen LogP contribution in [0.5, 0.6) is 0 Å². The first-order valence-corrected chi connectivity index (χ1v) is 10.5. The van der Waals surface area contributed by atoms with Gasteiger partial charge in [-0.05, 0) is 44.1 Å². The largest absolute Gasteiger partial charge is 0.379 e. The quantitative estimate of drug-likeness (QED) is 0.409. The molecule has 2 unspecified atom stereocenters. The van der Waals surface area contributed by atoms with Crippen molar-refractivity contribution in [1.82, 2.24) is 10.2 Å². The van der Waals surface area contributed by atoms with Gasteiger partial charge in [-0.25, -0.2) is 0 Å². The summed E-state index contributed by atoms with van der Waals surface area (Å²) in [7, 11) is 2.09. The molecule has 0 spiro atoms. The fourth-order valence-corrected chi connectivity index (χ4v) is 3.56. The number of rotatable bonds is 9. The normalized spacial score (nSPS) is 23.3. The predicted molar refractivity (Wildman–Crippen MR) is 110 cm³/mol. The van der Waals surface area contributed by atoms with Crippen molar-refractivity contribution in [3.63, 3.8) is 0 Å². The maximum atomic E-state index is 6.11. The zero-order valence-corrected chi connectivity index (χ0v) is 16.9. The van der Waals surface area contributed by atoms with Crippen LogP contribution in [0.15, 0.2) is 35.3 Å². The second-order valence-electron chi connectivity index (χ2n) is 7.74. The van der Waals surface area contributed by atoms with Gasteiger partial charge >= 0.3 is 0 Å². The van der Waals surface area contributed by atoms with E-state index in [0.29, 0.717) is 5.92 Å². The second-order valence-corrected chi connectivity index (χ2v) is 7.74. The molecule has 2 fully saturated rings. The minimum absolute atomic E-state index is 0.152. The smallest absolute Gasteiger partial charge is 0.193 e. The molecule has 1 saturated heterocycles. The molecule has 2 atom stereocenters. The first-order chi connectivity index (χ1) is 13.3. The van der Waals surface area contributed by atoms with Crippen molar-refractivity contribution in [2.45, 2.75) is 38.7 Å². The predicted octanol–water partition coefficient (Wildman–Crippen LogP) is 3.48. The third-order valence-corrected chi connectivity index (χ3v) is 5.37. The van der Waals surface area contributed by atoms with E-state index < -0.39 is 0 Å². The number of likely N-dealkylation sites (N-methyl/N-ethyl adjacent to an activating group) is 1. The standard InChI is InChI=1S/C22H35N3O2/c1-3-23-22(25(2)13-15-26-17-18-11-12-18)24-16-20-10-7-14-27-21(20)19-8-5-4-6-9-19/h4-6,8-9,18,20-21H,3,7,10-17H2,1-2H3,(H,23,24). The number of hydrogen-bond acceptors (Lipinski definition) is 3. The van der Waals surface area contributed by atoms with Gasteiger partial charge in [0.15, 0.2) is 5.96 Å². The molecule has 5 nitrogen and oxygen atoms in total. The Balaban J connectivity index is 1.54. The van der Waals surface area contributed by atoms with Crippen molar-refractivity contribution in [1.29, 1.82) is 0 Å². The van der Waals surface area contributed by atoms with Crippen molar-refractivity contribution >= 4 is 5.96 Å². The Bertz CT molecular complexity index is 574. The summed E-state index contributed by atoms with van der Waals surface area (Å²) in [5.74, 6) is 2.21. The number of benzene rings is 1. The van der Waals surface area contributed by atoms with Crippen LogP contribution in [-0.2, 0) is 9.47 Å². The lowest BCUT2D eigenvalue weighted by Crippen LogP contribution is -2.41. The SMILES string of the molecule is CCNC(=NCC1CCCOC1c1ccccc1)N(C)CCOCC1CC1. The molecule has 1 aromatic carbocycles. The molecule has 1 aromatic rings. The minimum atomic E-state index is 0.152. The molecular formula is C22H35N3O2. The number of ether oxygens (including phenoxy) is 2. The van der Waals surface area contributed by atoms with E-state index in [0.717, 1.165) is 64.2 Å². The van der Waals surface area contributed by atoms with Gasteiger partial charge < -0.3 is 19.7 Å². The second kappa shape index (κ2) is 10.7. The molecule has 3 rings (SSSR count). The Labute approximate surface area is 164 Å². The summed E-state index contributed by atoms with van der Waals surface area (Å²) in [6.07, 6.45) is 5.11. The monoisotopic (exact) mass is 373 g/mol. The van der Waals surface area contributed by atoms with Crippen LogP contribution in [0.1, 0.15) is 44.3 Å². The fraction of sp³-hybridized carbons (Fsp3) is 0.682. The molecule has 0 amide bonds. The highest BCUT2D eigenvalue weighted by Crippen LogP contribution is 2.33. The molecule has 1 saturated carbocycles. The molecule has 1 aliphatic heterocycles. The van der Waals surface area contributed by atoms with Crippen molar-refractivity contribution in [3.05, 3.63) is 35.9 Å². The van der Waals surface area contributed by atoms with Gasteiger partial charge in [0.25, 0.3) is 0 Å². The number of nitrogens with one attached hydrogen (secondary N) is 1. The molecule has 0 bridgehead atoms. The first-order valence-electron chi connectivity index (χ1n) is 10.5. The van der Waals surface area contributed by atoms with Gasteiger partial charge in [0.2, 0.25) is 0 Å². The van der Waals surface area contributed by atoms with E-state index in [2.05, 4.69) is 54.5 Å². The minimum Gasteiger partial charge on any atom is -0.379 e. The van der Waals surface area contributed by atoms with E-state index in [9.17, 15) is 0 Å². The van der Waals surface area contributed by atoms with Gasteiger partial charge in [0, 0.05) is 45.8 Å². The molecular weight excluding hydrogens is 338 g/mol. The van der Waals surface area contributed by atoms with Gasteiger partial charge in [-0.3, -0.25) is 4.99 Å². The lowest BCUT2D eigenvalue weighted by atomic mass is 9.89. The van der Waals surface area contributed by atoms with E-state index >= 15 is 0 Å². The molecule has 150 valence electrons. The summed E-state index contributed by atoms with van der Waals surface area (Å²) >= 11 is 0. The molecule has 1 aliphatic carbocycles. The van der Waals surface area contributed by atoms with Crippen LogP contribution in [0, 0.1) is 11.8 Å². The number of aliphatic imine (C=N–C) groups is 1. The van der Waals surface area contributed by atoms with E-state index in [1.54, 1.807) is 0 Å². The Morgan fingerprint density at radius 3 is 2.81 bits per heavy atom. The average Bonchev–Trinajstić information content (AvgIpc) is 3.53. The topological polar surface area (TPSA) is 46.1 Å². The third-order valence-electron chi connectivity index (χ3n) is 5.37. The Morgan fingerprint density at radius 1 is 1.26 bits per heavy atom. The Kier molecular flexibility index (Phi) is 7.96. The van der Waals surface area contributed by atoms with Crippen molar-refractivity contribution < 1.29 is 9.47 Å². The Morgan fingerprint density at radius 2 is 2.07 bits per heavy atom. The maximum absolute atomic E-state index is 6.11. The van der Waals surface area contributed by atoms with Crippen LogP contribution in [0.2, 0.25) is 0 Å². The maximum Gasteiger partial charge on any atom is 0.193 e. The summed E-state index contributed by atoms with van der Waals surface area (Å²) in [5, 5.41) is 3.42. The zero-order chi connectivity index (χ0) is 18.9. The highest BCUT2D eigenvalue weighted by atomic mass is 16.5.